The minimum atomic E-state index is -2.22. The Balaban J connectivity index is 1.54. The van der Waals surface area contributed by atoms with Crippen molar-refractivity contribution in [3.8, 4) is 16.9 Å². The number of pyridine rings is 1. The van der Waals surface area contributed by atoms with Gasteiger partial charge < -0.3 is 21.1 Å². The fraction of sp³-hybridized carbons (Fsp3) is 0.290. The van der Waals surface area contributed by atoms with Crippen LogP contribution in [0.3, 0.4) is 0 Å². The first-order valence-corrected chi connectivity index (χ1v) is 13.1. The van der Waals surface area contributed by atoms with Crippen LogP contribution in [0, 0.1) is 11.8 Å². The van der Waals surface area contributed by atoms with Crippen LogP contribution in [0.2, 0.25) is 0 Å². The molecule has 1 heterocycles. The van der Waals surface area contributed by atoms with Crippen LogP contribution < -0.4 is 5.73 Å². The molecule has 0 spiro atoms. The lowest BCUT2D eigenvalue weighted by atomic mass is 9.56. The Morgan fingerprint density at radius 3 is 2.55 bits per heavy atom. The number of benzene rings is 2. The van der Waals surface area contributed by atoms with Gasteiger partial charge in [-0.15, -0.1) is 0 Å². The smallest absolute Gasteiger partial charge is 0.255 e. The molecule has 0 saturated heterocycles. The molecular weight excluding hydrogens is 510 g/mol. The van der Waals surface area contributed by atoms with Crippen molar-refractivity contribution in [2.24, 2.45) is 17.6 Å². The molecule has 3 aromatic rings. The summed E-state index contributed by atoms with van der Waals surface area (Å²) in [6.45, 7) is 1.51. The minimum Gasteiger partial charge on any atom is -0.510 e. The number of allylic oxidation sites excluding steroid dienone is 1. The van der Waals surface area contributed by atoms with Gasteiger partial charge >= 0.3 is 0 Å². The van der Waals surface area contributed by atoms with Crippen LogP contribution in [-0.4, -0.2) is 68.4 Å². The number of nitrogens with zero attached hydrogens (tertiary/aromatic N) is 2. The van der Waals surface area contributed by atoms with Crippen LogP contribution in [0.1, 0.15) is 29.3 Å². The summed E-state index contributed by atoms with van der Waals surface area (Å²) < 4.78 is 0. The fourth-order valence-electron chi connectivity index (χ4n) is 7.08. The minimum absolute atomic E-state index is 0.115. The molecule has 0 fully saturated rings. The molecule has 40 heavy (non-hydrogen) atoms. The van der Waals surface area contributed by atoms with Gasteiger partial charge in [-0.2, -0.15) is 0 Å². The van der Waals surface area contributed by atoms with E-state index in [1.165, 1.54) is 13.0 Å². The van der Waals surface area contributed by atoms with E-state index in [1.54, 1.807) is 31.3 Å². The second kappa shape index (κ2) is 8.84. The Hall–Kier alpha value is -4.34. The number of rotatable bonds is 3. The summed E-state index contributed by atoms with van der Waals surface area (Å²) >= 11 is 0. The number of Topliss-reactive ketones (excluding diaryl/α,β-unsaturated/α-hetero) is 2. The average Bonchev–Trinajstić information content (AvgIpc) is 2.90. The molecule has 6 rings (SSSR count). The molecule has 2 aromatic carbocycles. The molecule has 4 atom stereocenters. The maximum atomic E-state index is 14.1. The molecule has 0 bridgehead atoms. The number of para-hydroxylation sites is 1. The zero-order valence-electron chi connectivity index (χ0n) is 22.3. The Morgan fingerprint density at radius 2 is 1.85 bits per heavy atom. The number of carbonyl (C=O) groups excluding carboxylic acids is 3. The maximum Gasteiger partial charge on any atom is 0.255 e. The van der Waals surface area contributed by atoms with Gasteiger partial charge in [0.05, 0.1) is 17.1 Å². The summed E-state index contributed by atoms with van der Waals surface area (Å²) in [5.74, 6) is -4.55. The number of aliphatic hydroxyl groups excluding tert-OH is 1. The molecule has 9 nitrogen and oxygen atoms in total. The molecular formula is C31H29N3O6. The monoisotopic (exact) mass is 539 g/mol. The first kappa shape index (κ1) is 25.9. The lowest BCUT2D eigenvalue weighted by molar-refractivity contribution is -0.143. The largest absolute Gasteiger partial charge is 0.510 e. The number of fused-ring (bicyclic) bond motifs is 4. The number of aromatic nitrogens is 1. The number of phenols is 1. The van der Waals surface area contributed by atoms with E-state index in [1.807, 2.05) is 30.3 Å². The molecule has 3 aliphatic carbocycles. The van der Waals surface area contributed by atoms with E-state index in [0.29, 0.717) is 12.0 Å². The van der Waals surface area contributed by atoms with Gasteiger partial charge in [0.15, 0.2) is 11.4 Å². The fourth-order valence-corrected chi connectivity index (χ4v) is 7.08. The van der Waals surface area contributed by atoms with Crippen molar-refractivity contribution in [1.82, 2.24) is 9.88 Å². The van der Waals surface area contributed by atoms with Crippen LogP contribution in [0.4, 0.5) is 0 Å². The Labute approximate surface area is 230 Å². The molecule has 2 unspecified atom stereocenters. The highest BCUT2D eigenvalue weighted by molar-refractivity contribution is 6.25. The number of hydrogen-bond acceptors (Lipinski definition) is 8. The number of ketones is 2. The first-order valence-electron chi connectivity index (χ1n) is 13.1. The summed E-state index contributed by atoms with van der Waals surface area (Å²) in [6.07, 6.45) is 2.29. The SMILES string of the molecule is CC1=C2C(=O)c3c(O)ccc(-c4cnc5ccccc5c4)c3CC2C[C@H]2C(N(C)C)C(O)=C(C(N)=O)C(=O)[C@@]12O. The topological polar surface area (TPSA) is 154 Å². The zero-order chi connectivity index (χ0) is 28.7. The van der Waals surface area contributed by atoms with E-state index in [-0.39, 0.29) is 28.9 Å². The number of primary amides is 1. The van der Waals surface area contributed by atoms with Gasteiger partial charge in [0.2, 0.25) is 5.78 Å². The number of nitrogens with two attached hydrogens (primary N) is 1. The van der Waals surface area contributed by atoms with Crippen molar-refractivity contribution < 1.29 is 29.7 Å². The highest BCUT2D eigenvalue weighted by Gasteiger charge is 2.61. The lowest BCUT2D eigenvalue weighted by Crippen LogP contribution is -2.63. The lowest BCUT2D eigenvalue weighted by Gasteiger charge is -2.51. The number of carbonyl (C=O) groups is 3. The number of aromatic hydroxyl groups is 1. The number of likely N-dealkylation sites (N-methyl/N-ethyl adjacent to an activating group) is 1. The van der Waals surface area contributed by atoms with Gasteiger partial charge in [0, 0.05) is 28.6 Å². The standard InChI is InChI=1S/C31H29N3O6/c1-14-23-16(12-20-26(34(2)3)28(37)25(30(32)39)29(38)31(14,20)40)11-19-18(8-9-22(35)24(19)27(23)36)17-10-15-6-4-5-7-21(15)33-13-17/h4-10,13,16,20,26,35,37,40H,11-12H2,1-3H3,(H2,32,39)/t16?,20-,26?,31+/m0/s1. The van der Waals surface area contributed by atoms with E-state index in [2.05, 4.69) is 4.98 Å². The summed E-state index contributed by atoms with van der Waals surface area (Å²) in [7, 11) is 3.35. The quantitative estimate of drug-likeness (QED) is 0.371. The van der Waals surface area contributed by atoms with Gasteiger partial charge in [-0.25, -0.2) is 0 Å². The molecule has 3 aliphatic rings. The highest BCUT2D eigenvalue weighted by atomic mass is 16.3. The third kappa shape index (κ3) is 3.41. The molecule has 1 aromatic heterocycles. The average molecular weight is 540 g/mol. The predicted octanol–water partition coefficient (Wildman–Crippen LogP) is 2.84. The van der Waals surface area contributed by atoms with Gasteiger partial charge in [-0.1, -0.05) is 24.3 Å². The van der Waals surface area contributed by atoms with Crippen molar-refractivity contribution in [1.29, 1.82) is 0 Å². The van der Waals surface area contributed by atoms with Gasteiger partial charge in [0.1, 0.15) is 17.1 Å². The molecule has 1 amide bonds. The second-order valence-corrected chi connectivity index (χ2v) is 11.1. The number of aliphatic hydroxyl groups is 2. The highest BCUT2D eigenvalue weighted by Crippen LogP contribution is 2.53. The van der Waals surface area contributed by atoms with Crippen LogP contribution >= 0.6 is 0 Å². The molecule has 0 saturated carbocycles. The number of amides is 1. The Kier molecular flexibility index (Phi) is 5.72. The van der Waals surface area contributed by atoms with Crippen molar-refractivity contribution >= 4 is 28.4 Å². The van der Waals surface area contributed by atoms with Crippen LogP contribution in [0.15, 0.2) is 71.1 Å². The van der Waals surface area contributed by atoms with Crippen molar-refractivity contribution in [3.05, 3.63) is 82.3 Å². The summed E-state index contributed by atoms with van der Waals surface area (Å²) in [5.41, 5.74) is 6.11. The van der Waals surface area contributed by atoms with Crippen molar-refractivity contribution in [2.75, 3.05) is 14.1 Å². The summed E-state index contributed by atoms with van der Waals surface area (Å²) in [5, 5.41) is 34.8. The van der Waals surface area contributed by atoms with E-state index in [0.717, 1.165) is 22.0 Å². The van der Waals surface area contributed by atoms with Crippen LogP contribution in [0.5, 0.6) is 5.75 Å². The molecule has 9 heteroatoms. The second-order valence-electron chi connectivity index (χ2n) is 11.1. The molecule has 0 radical (unpaired) electrons. The van der Waals surface area contributed by atoms with E-state index in [4.69, 9.17) is 5.73 Å². The van der Waals surface area contributed by atoms with E-state index in [9.17, 15) is 29.7 Å². The maximum absolute atomic E-state index is 14.1. The first-order chi connectivity index (χ1) is 19.0. The third-order valence-electron chi connectivity index (χ3n) is 8.87. The van der Waals surface area contributed by atoms with Gasteiger partial charge in [-0.3, -0.25) is 24.3 Å². The van der Waals surface area contributed by atoms with E-state index >= 15 is 0 Å². The zero-order valence-corrected chi connectivity index (χ0v) is 22.3. The van der Waals surface area contributed by atoms with Gasteiger partial charge in [0.25, 0.3) is 5.91 Å². The van der Waals surface area contributed by atoms with Crippen molar-refractivity contribution in [2.45, 2.75) is 31.4 Å². The predicted molar refractivity (Wildman–Crippen MR) is 147 cm³/mol. The molecule has 5 N–H and O–H groups in total. The van der Waals surface area contributed by atoms with Crippen molar-refractivity contribution in [3.63, 3.8) is 0 Å². The molecule has 0 aliphatic heterocycles. The Bertz CT molecular complexity index is 1720. The summed E-state index contributed by atoms with van der Waals surface area (Å²) in [4.78, 5) is 46.1. The summed E-state index contributed by atoms with van der Waals surface area (Å²) in [6, 6.07) is 12.1. The third-order valence-corrected chi connectivity index (χ3v) is 8.87. The molecule has 204 valence electrons. The number of hydrogen-bond donors (Lipinski definition) is 4. The van der Waals surface area contributed by atoms with Gasteiger partial charge in [-0.05, 0) is 74.7 Å². The van der Waals surface area contributed by atoms with Crippen LogP contribution in [-0.2, 0) is 16.0 Å². The van der Waals surface area contributed by atoms with Crippen LogP contribution in [0.25, 0.3) is 22.0 Å². The Morgan fingerprint density at radius 1 is 1.12 bits per heavy atom. The number of phenolic OH excluding ortho intramolecular Hbond substituents is 1. The van der Waals surface area contributed by atoms with E-state index < -0.39 is 52.3 Å². The normalized spacial score (nSPS) is 26.2.